The second-order valence-corrected chi connectivity index (χ2v) is 6.25. The van der Waals surface area contributed by atoms with Gasteiger partial charge in [0.05, 0.1) is 6.54 Å². The molecule has 1 amide bonds. The largest absolute Gasteiger partial charge is 0.389 e. The molecule has 2 rings (SSSR count). The first-order chi connectivity index (χ1) is 10.0. The highest BCUT2D eigenvalue weighted by Crippen LogP contribution is 2.16. The van der Waals surface area contributed by atoms with E-state index in [1.165, 1.54) is 19.3 Å². The van der Waals surface area contributed by atoms with E-state index >= 15 is 0 Å². The molecule has 3 N–H and O–H groups in total. The van der Waals surface area contributed by atoms with E-state index in [0.717, 1.165) is 30.3 Å². The molecule has 1 aromatic rings. The summed E-state index contributed by atoms with van der Waals surface area (Å²) in [6, 6.07) is 7.35. The maximum atomic E-state index is 12.1. The van der Waals surface area contributed by atoms with Gasteiger partial charge in [-0.1, -0.05) is 31.3 Å². The van der Waals surface area contributed by atoms with Gasteiger partial charge in [-0.3, -0.25) is 9.69 Å². The molecule has 1 aliphatic rings. The van der Waals surface area contributed by atoms with Gasteiger partial charge in [-0.05, 0) is 50.4 Å². The molecule has 0 aromatic heterocycles. The summed E-state index contributed by atoms with van der Waals surface area (Å²) in [5.74, 6) is 0.782. The highest BCUT2D eigenvalue weighted by atomic mass is 32.1. The minimum Gasteiger partial charge on any atom is -0.389 e. The number of hydrogen-bond acceptors (Lipinski definition) is 3. The first-order valence-corrected chi connectivity index (χ1v) is 7.87. The molecular formula is C16H23N3OS. The van der Waals surface area contributed by atoms with Crippen LogP contribution in [0.1, 0.15) is 31.7 Å². The van der Waals surface area contributed by atoms with Crippen molar-refractivity contribution in [1.82, 2.24) is 4.90 Å². The Hall–Kier alpha value is -1.46. The molecule has 1 aromatic carbocycles. The predicted molar refractivity (Wildman–Crippen MR) is 90.4 cm³/mol. The summed E-state index contributed by atoms with van der Waals surface area (Å²) in [5.41, 5.74) is 7.12. The fraction of sp³-hybridized carbons (Fsp3) is 0.500. The van der Waals surface area contributed by atoms with Crippen molar-refractivity contribution >= 4 is 28.8 Å². The van der Waals surface area contributed by atoms with Crippen LogP contribution < -0.4 is 11.1 Å². The van der Waals surface area contributed by atoms with Crippen molar-refractivity contribution < 1.29 is 4.79 Å². The Morgan fingerprint density at radius 2 is 2.24 bits per heavy atom. The summed E-state index contributed by atoms with van der Waals surface area (Å²) in [5, 5.41) is 2.92. The van der Waals surface area contributed by atoms with Gasteiger partial charge in [-0.15, -0.1) is 0 Å². The van der Waals surface area contributed by atoms with Gasteiger partial charge in [0.15, 0.2) is 0 Å². The third-order valence-electron chi connectivity index (χ3n) is 3.91. The second kappa shape index (κ2) is 7.52. The van der Waals surface area contributed by atoms with Crippen molar-refractivity contribution in [2.75, 3.05) is 25.0 Å². The molecule has 0 radical (unpaired) electrons. The maximum absolute atomic E-state index is 12.1. The second-order valence-electron chi connectivity index (χ2n) is 5.81. The number of nitrogens with zero attached hydrogens (tertiary/aromatic N) is 1. The standard InChI is InChI=1S/C16H23N3OS/c1-12-4-3-8-19(9-7-12)11-15(20)18-14-6-2-5-13(10-14)16(17)21/h2,5-6,10,12H,3-4,7-9,11H2,1H3,(H2,17,21)(H,18,20). The van der Waals surface area contributed by atoms with Gasteiger partial charge < -0.3 is 11.1 Å². The molecule has 1 saturated heterocycles. The number of likely N-dealkylation sites (tertiary alicyclic amines) is 1. The SMILES string of the molecule is CC1CCCN(CC(=O)Nc2cccc(C(N)=S)c2)CC1. The predicted octanol–water partition coefficient (Wildman–Crippen LogP) is 2.38. The van der Waals surface area contributed by atoms with E-state index in [0.29, 0.717) is 11.5 Å². The van der Waals surface area contributed by atoms with Crippen LogP contribution in [-0.4, -0.2) is 35.4 Å². The highest BCUT2D eigenvalue weighted by molar-refractivity contribution is 7.80. The smallest absolute Gasteiger partial charge is 0.238 e. The van der Waals surface area contributed by atoms with E-state index in [4.69, 9.17) is 18.0 Å². The number of thiocarbonyl (C=S) groups is 1. The van der Waals surface area contributed by atoms with Crippen LogP contribution in [0.25, 0.3) is 0 Å². The number of amides is 1. The summed E-state index contributed by atoms with van der Waals surface area (Å²) in [6.45, 7) is 4.74. The number of anilines is 1. The van der Waals surface area contributed by atoms with Crippen molar-refractivity contribution in [3.05, 3.63) is 29.8 Å². The Morgan fingerprint density at radius 1 is 1.43 bits per heavy atom. The molecule has 21 heavy (non-hydrogen) atoms. The number of nitrogens with two attached hydrogens (primary N) is 1. The van der Waals surface area contributed by atoms with E-state index in [-0.39, 0.29) is 5.91 Å². The molecule has 1 fully saturated rings. The lowest BCUT2D eigenvalue weighted by Gasteiger charge is -2.19. The molecule has 0 saturated carbocycles. The van der Waals surface area contributed by atoms with E-state index in [2.05, 4.69) is 17.1 Å². The van der Waals surface area contributed by atoms with Crippen molar-refractivity contribution in [3.8, 4) is 0 Å². The third kappa shape index (κ3) is 5.10. The minimum absolute atomic E-state index is 0.0182. The van der Waals surface area contributed by atoms with Gasteiger partial charge in [-0.2, -0.15) is 0 Å². The molecule has 114 valence electrons. The molecule has 0 spiro atoms. The van der Waals surface area contributed by atoms with Crippen LogP contribution in [0, 0.1) is 5.92 Å². The Kier molecular flexibility index (Phi) is 5.70. The number of rotatable bonds is 4. The summed E-state index contributed by atoms with van der Waals surface area (Å²) in [7, 11) is 0. The van der Waals surface area contributed by atoms with Crippen LogP contribution >= 0.6 is 12.2 Å². The number of carbonyl (C=O) groups excluding carboxylic acids is 1. The summed E-state index contributed by atoms with van der Waals surface area (Å²) in [4.78, 5) is 14.7. The Bertz CT molecular complexity index is 518. The molecule has 4 nitrogen and oxygen atoms in total. The quantitative estimate of drug-likeness (QED) is 0.839. The van der Waals surface area contributed by atoms with Crippen molar-refractivity contribution in [1.29, 1.82) is 0 Å². The van der Waals surface area contributed by atoms with Gasteiger partial charge in [-0.25, -0.2) is 0 Å². The zero-order chi connectivity index (χ0) is 15.2. The van der Waals surface area contributed by atoms with Gasteiger partial charge >= 0.3 is 0 Å². The van der Waals surface area contributed by atoms with Gasteiger partial charge in [0.25, 0.3) is 0 Å². The van der Waals surface area contributed by atoms with Gasteiger partial charge in [0.1, 0.15) is 4.99 Å². The van der Waals surface area contributed by atoms with E-state index < -0.39 is 0 Å². The number of benzene rings is 1. The van der Waals surface area contributed by atoms with Crippen LogP contribution in [0.5, 0.6) is 0 Å². The van der Waals surface area contributed by atoms with Crippen LogP contribution in [0.2, 0.25) is 0 Å². The maximum Gasteiger partial charge on any atom is 0.238 e. The zero-order valence-corrected chi connectivity index (χ0v) is 13.3. The van der Waals surface area contributed by atoms with Crippen molar-refractivity contribution in [2.24, 2.45) is 11.7 Å². The lowest BCUT2D eigenvalue weighted by molar-refractivity contribution is -0.117. The van der Waals surface area contributed by atoms with Crippen molar-refractivity contribution in [2.45, 2.75) is 26.2 Å². The molecule has 1 aliphatic heterocycles. The fourth-order valence-corrected chi connectivity index (χ4v) is 2.76. The zero-order valence-electron chi connectivity index (χ0n) is 12.5. The molecule has 1 atom stereocenters. The highest BCUT2D eigenvalue weighted by Gasteiger charge is 2.16. The molecule has 5 heteroatoms. The summed E-state index contributed by atoms with van der Waals surface area (Å²) >= 11 is 4.95. The number of nitrogens with one attached hydrogen (secondary N) is 1. The molecular weight excluding hydrogens is 282 g/mol. The van der Waals surface area contributed by atoms with Crippen LogP contribution in [-0.2, 0) is 4.79 Å². The number of carbonyl (C=O) groups is 1. The van der Waals surface area contributed by atoms with Crippen molar-refractivity contribution in [3.63, 3.8) is 0 Å². The van der Waals surface area contributed by atoms with E-state index in [1.54, 1.807) is 0 Å². The molecule has 1 heterocycles. The Balaban J connectivity index is 1.89. The average molecular weight is 305 g/mol. The van der Waals surface area contributed by atoms with E-state index in [9.17, 15) is 4.79 Å². The molecule has 0 aliphatic carbocycles. The van der Waals surface area contributed by atoms with Gasteiger partial charge in [0.2, 0.25) is 5.91 Å². The molecule has 1 unspecified atom stereocenters. The Labute approximate surface area is 131 Å². The lowest BCUT2D eigenvalue weighted by Crippen LogP contribution is -2.34. The van der Waals surface area contributed by atoms with Crippen LogP contribution in [0.15, 0.2) is 24.3 Å². The van der Waals surface area contributed by atoms with Gasteiger partial charge in [0, 0.05) is 11.3 Å². The summed E-state index contributed by atoms with van der Waals surface area (Å²) < 4.78 is 0. The summed E-state index contributed by atoms with van der Waals surface area (Å²) in [6.07, 6.45) is 3.60. The fourth-order valence-electron chi connectivity index (χ4n) is 2.63. The molecule has 0 bridgehead atoms. The van der Waals surface area contributed by atoms with Crippen LogP contribution in [0.3, 0.4) is 0 Å². The lowest BCUT2D eigenvalue weighted by atomic mass is 10.0. The van der Waals surface area contributed by atoms with E-state index in [1.807, 2.05) is 24.3 Å². The first-order valence-electron chi connectivity index (χ1n) is 7.46. The first kappa shape index (κ1) is 15.9. The average Bonchev–Trinajstić information content (AvgIpc) is 2.64. The third-order valence-corrected chi connectivity index (χ3v) is 4.14. The topological polar surface area (TPSA) is 58.4 Å². The monoisotopic (exact) mass is 305 g/mol. The Morgan fingerprint density at radius 3 is 3.00 bits per heavy atom. The minimum atomic E-state index is 0.0182. The van der Waals surface area contributed by atoms with Crippen LogP contribution in [0.4, 0.5) is 5.69 Å². The normalized spacial score (nSPS) is 19.8. The number of hydrogen-bond donors (Lipinski definition) is 2.